The quantitative estimate of drug-likeness (QED) is 0.903. The third-order valence-corrected chi connectivity index (χ3v) is 5.16. The van der Waals surface area contributed by atoms with Crippen LogP contribution in [0.1, 0.15) is 45.2 Å². The molecule has 20 heavy (non-hydrogen) atoms. The van der Waals surface area contributed by atoms with Gasteiger partial charge in [0.25, 0.3) is 0 Å². The Hall–Kier alpha value is -0.860. The first-order valence-electron chi connectivity index (χ1n) is 8.21. The van der Waals surface area contributed by atoms with Crippen molar-refractivity contribution in [3.05, 3.63) is 35.9 Å². The number of benzene rings is 1. The van der Waals surface area contributed by atoms with E-state index in [1.807, 2.05) is 0 Å². The highest BCUT2D eigenvalue weighted by atomic mass is 15.3. The SMILES string of the molecule is CC(C)C1CNC(C2CC2)CN1C(C)c1ccccc1. The summed E-state index contributed by atoms with van der Waals surface area (Å²) in [5.41, 5.74) is 1.45. The number of rotatable bonds is 4. The average Bonchev–Trinajstić information content (AvgIpc) is 3.31. The lowest BCUT2D eigenvalue weighted by Gasteiger charge is -2.46. The van der Waals surface area contributed by atoms with Crippen molar-refractivity contribution in [3.63, 3.8) is 0 Å². The fraction of sp³-hybridized carbons (Fsp3) is 0.667. The van der Waals surface area contributed by atoms with Crippen molar-refractivity contribution in [2.45, 2.75) is 51.7 Å². The Morgan fingerprint density at radius 1 is 1.10 bits per heavy atom. The maximum absolute atomic E-state index is 3.81. The van der Waals surface area contributed by atoms with Crippen LogP contribution in [-0.2, 0) is 0 Å². The highest BCUT2D eigenvalue weighted by Crippen LogP contribution is 2.37. The maximum Gasteiger partial charge on any atom is 0.0324 e. The largest absolute Gasteiger partial charge is 0.311 e. The first-order chi connectivity index (χ1) is 9.66. The van der Waals surface area contributed by atoms with E-state index < -0.39 is 0 Å². The fourth-order valence-corrected chi connectivity index (χ4v) is 3.62. The van der Waals surface area contributed by atoms with Crippen molar-refractivity contribution < 1.29 is 0 Å². The minimum absolute atomic E-state index is 0.520. The topological polar surface area (TPSA) is 15.3 Å². The van der Waals surface area contributed by atoms with Gasteiger partial charge in [-0.15, -0.1) is 0 Å². The lowest BCUT2D eigenvalue weighted by molar-refractivity contribution is 0.0569. The third-order valence-electron chi connectivity index (χ3n) is 5.16. The van der Waals surface area contributed by atoms with Crippen molar-refractivity contribution in [1.82, 2.24) is 10.2 Å². The molecule has 1 aliphatic carbocycles. The van der Waals surface area contributed by atoms with Crippen LogP contribution in [0.25, 0.3) is 0 Å². The maximum atomic E-state index is 3.81. The molecule has 2 fully saturated rings. The first kappa shape index (κ1) is 14.1. The molecule has 110 valence electrons. The predicted molar refractivity (Wildman–Crippen MR) is 84.7 cm³/mol. The number of hydrogen-bond donors (Lipinski definition) is 1. The van der Waals surface area contributed by atoms with Gasteiger partial charge in [-0.25, -0.2) is 0 Å². The summed E-state index contributed by atoms with van der Waals surface area (Å²) in [5.74, 6) is 1.64. The van der Waals surface area contributed by atoms with Crippen molar-refractivity contribution in [3.8, 4) is 0 Å². The van der Waals surface area contributed by atoms with E-state index in [2.05, 4.69) is 61.3 Å². The summed E-state index contributed by atoms with van der Waals surface area (Å²) in [6, 6.07) is 12.9. The van der Waals surface area contributed by atoms with Crippen LogP contribution in [0.4, 0.5) is 0 Å². The standard InChI is InChI=1S/C18H28N2/c1-13(2)18-11-19-17(16-9-10-16)12-20(18)14(3)15-7-5-4-6-8-15/h4-8,13-14,16-19H,9-12H2,1-3H3. The smallest absolute Gasteiger partial charge is 0.0324 e. The second-order valence-corrected chi connectivity index (χ2v) is 6.95. The summed E-state index contributed by atoms with van der Waals surface area (Å²) in [7, 11) is 0. The van der Waals surface area contributed by atoms with E-state index >= 15 is 0 Å². The minimum Gasteiger partial charge on any atom is -0.311 e. The van der Waals surface area contributed by atoms with E-state index in [0.717, 1.165) is 18.5 Å². The molecule has 0 amide bonds. The predicted octanol–water partition coefficient (Wildman–Crippen LogP) is 3.46. The number of hydrogen-bond acceptors (Lipinski definition) is 2. The second-order valence-electron chi connectivity index (χ2n) is 6.95. The average molecular weight is 272 g/mol. The van der Waals surface area contributed by atoms with Gasteiger partial charge >= 0.3 is 0 Å². The van der Waals surface area contributed by atoms with Gasteiger partial charge in [0.05, 0.1) is 0 Å². The molecule has 1 N–H and O–H groups in total. The van der Waals surface area contributed by atoms with Crippen molar-refractivity contribution in [2.24, 2.45) is 11.8 Å². The Balaban J connectivity index is 1.77. The molecule has 2 aliphatic rings. The van der Waals surface area contributed by atoms with Crippen LogP contribution in [-0.4, -0.2) is 30.1 Å². The molecule has 1 saturated carbocycles. The van der Waals surface area contributed by atoms with Crippen LogP contribution in [0.15, 0.2) is 30.3 Å². The normalized spacial score (nSPS) is 29.6. The van der Waals surface area contributed by atoms with Crippen LogP contribution >= 0.6 is 0 Å². The molecule has 0 spiro atoms. The monoisotopic (exact) mass is 272 g/mol. The summed E-state index contributed by atoms with van der Waals surface area (Å²) in [4.78, 5) is 2.75. The highest BCUT2D eigenvalue weighted by molar-refractivity contribution is 5.19. The van der Waals surface area contributed by atoms with E-state index in [9.17, 15) is 0 Å². The van der Waals surface area contributed by atoms with Crippen LogP contribution in [0.3, 0.4) is 0 Å². The summed E-state index contributed by atoms with van der Waals surface area (Å²) < 4.78 is 0. The van der Waals surface area contributed by atoms with E-state index in [1.54, 1.807) is 0 Å². The molecule has 2 nitrogen and oxygen atoms in total. The molecule has 3 rings (SSSR count). The van der Waals surface area contributed by atoms with Gasteiger partial charge in [0.2, 0.25) is 0 Å². The molecule has 0 bridgehead atoms. The summed E-state index contributed by atoms with van der Waals surface area (Å²) in [6.45, 7) is 9.45. The third kappa shape index (κ3) is 2.91. The van der Waals surface area contributed by atoms with E-state index in [0.29, 0.717) is 18.0 Å². The molecule has 2 heteroatoms. The molecule has 3 unspecified atom stereocenters. The zero-order valence-electron chi connectivity index (χ0n) is 13.0. The molecule has 1 aromatic carbocycles. The van der Waals surface area contributed by atoms with Gasteiger partial charge in [-0.05, 0) is 37.2 Å². The van der Waals surface area contributed by atoms with Crippen LogP contribution < -0.4 is 5.32 Å². The molecule has 0 radical (unpaired) electrons. The molecule has 1 heterocycles. The van der Waals surface area contributed by atoms with Crippen molar-refractivity contribution in [2.75, 3.05) is 13.1 Å². The van der Waals surface area contributed by atoms with Gasteiger partial charge in [0.15, 0.2) is 0 Å². The van der Waals surface area contributed by atoms with Crippen molar-refractivity contribution >= 4 is 0 Å². The molecular weight excluding hydrogens is 244 g/mol. The van der Waals surface area contributed by atoms with E-state index in [-0.39, 0.29) is 0 Å². The number of piperazine rings is 1. The van der Waals surface area contributed by atoms with E-state index in [1.165, 1.54) is 24.9 Å². The molecule has 1 aliphatic heterocycles. The van der Waals surface area contributed by atoms with Gasteiger partial charge in [-0.2, -0.15) is 0 Å². The minimum atomic E-state index is 0.520. The number of nitrogens with zero attached hydrogens (tertiary/aromatic N) is 1. The van der Waals surface area contributed by atoms with Gasteiger partial charge in [0, 0.05) is 31.2 Å². The van der Waals surface area contributed by atoms with Gasteiger partial charge in [0.1, 0.15) is 0 Å². The second kappa shape index (κ2) is 5.87. The molecular formula is C18H28N2. The summed E-state index contributed by atoms with van der Waals surface area (Å²) >= 11 is 0. The Kier molecular flexibility index (Phi) is 4.13. The van der Waals surface area contributed by atoms with E-state index in [4.69, 9.17) is 0 Å². The zero-order valence-corrected chi connectivity index (χ0v) is 13.0. The Bertz CT molecular complexity index is 424. The van der Waals surface area contributed by atoms with Crippen molar-refractivity contribution in [1.29, 1.82) is 0 Å². The zero-order chi connectivity index (χ0) is 14.1. The van der Waals surface area contributed by atoms with Crippen LogP contribution in [0.2, 0.25) is 0 Å². The summed E-state index contributed by atoms with van der Waals surface area (Å²) in [5, 5.41) is 3.81. The Labute approximate surface area is 123 Å². The van der Waals surface area contributed by atoms with Crippen LogP contribution in [0, 0.1) is 11.8 Å². The number of nitrogens with one attached hydrogen (secondary N) is 1. The van der Waals surface area contributed by atoms with Gasteiger partial charge < -0.3 is 5.32 Å². The molecule has 1 saturated heterocycles. The fourth-order valence-electron chi connectivity index (χ4n) is 3.62. The molecule has 0 aromatic heterocycles. The van der Waals surface area contributed by atoms with Crippen LogP contribution in [0.5, 0.6) is 0 Å². The Morgan fingerprint density at radius 3 is 2.40 bits per heavy atom. The van der Waals surface area contributed by atoms with Gasteiger partial charge in [-0.3, -0.25) is 4.90 Å². The molecule has 3 atom stereocenters. The lowest BCUT2D eigenvalue weighted by atomic mass is 9.93. The first-order valence-corrected chi connectivity index (χ1v) is 8.21. The molecule has 1 aromatic rings. The van der Waals surface area contributed by atoms with Gasteiger partial charge in [-0.1, -0.05) is 44.2 Å². The lowest BCUT2D eigenvalue weighted by Crippen LogP contribution is -2.59. The Morgan fingerprint density at radius 2 is 1.80 bits per heavy atom. The highest BCUT2D eigenvalue weighted by Gasteiger charge is 2.39. The summed E-state index contributed by atoms with van der Waals surface area (Å²) in [6.07, 6.45) is 2.86.